The van der Waals surface area contributed by atoms with Crippen molar-refractivity contribution in [2.24, 2.45) is 11.1 Å². The molecule has 4 N–H and O–H groups in total. The minimum absolute atomic E-state index is 0.0791. The second kappa shape index (κ2) is 6.42. The highest BCUT2D eigenvalue weighted by Gasteiger charge is 2.20. The van der Waals surface area contributed by atoms with Crippen LogP contribution in [0.4, 0.5) is 5.69 Å². The fourth-order valence-electron chi connectivity index (χ4n) is 1.87. The van der Waals surface area contributed by atoms with Crippen molar-refractivity contribution in [2.75, 3.05) is 25.5 Å². The van der Waals surface area contributed by atoms with Gasteiger partial charge in [-0.1, -0.05) is 0 Å². The lowest BCUT2D eigenvalue weighted by Crippen LogP contribution is -2.29. The van der Waals surface area contributed by atoms with Gasteiger partial charge in [0.05, 0.1) is 24.2 Å². The number of carbonyl (C=O) groups excluding carboxylic acids is 1. The van der Waals surface area contributed by atoms with Crippen LogP contribution in [0.25, 0.3) is 0 Å². The Morgan fingerprint density at radius 1 is 1.43 bits per heavy atom. The van der Waals surface area contributed by atoms with Gasteiger partial charge in [-0.2, -0.15) is 0 Å². The molecule has 8 heteroatoms. The van der Waals surface area contributed by atoms with Gasteiger partial charge in [0, 0.05) is 0 Å². The van der Waals surface area contributed by atoms with Crippen molar-refractivity contribution in [3.05, 3.63) is 18.2 Å². The first-order valence-electron chi connectivity index (χ1n) is 6.61. The second-order valence-electron chi connectivity index (χ2n) is 5.03. The molecule has 0 unspecified atom stereocenters. The fraction of sp³-hybridized carbons (Fsp3) is 0.462. The Hall–Kier alpha value is -1.64. The van der Waals surface area contributed by atoms with Crippen LogP contribution < -0.4 is 20.5 Å². The highest BCUT2D eigenvalue weighted by atomic mass is 32.2. The lowest BCUT2D eigenvalue weighted by molar-refractivity contribution is -0.115. The summed E-state index contributed by atoms with van der Waals surface area (Å²) in [5.74, 6) is 0.788. The van der Waals surface area contributed by atoms with E-state index in [9.17, 15) is 13.2 Å². The Bertz CT molecular complexity index is 626. The summed E-state index contributed by atoms with van der Waals surface area (Å²) in [7, 11) is -2.39. The number of primary sulfonamides is 1. The van der Waals surface area contributed by atoms with Crippen LogP contribution in [0.3, 0.4) is 0 Å². The lowest BCUT2D eigenvalue weighted by Gasteiger charge is -2.12. The summed E-state index contributed by atoms with van der Waals surface area (Å²) in [6, 6.07) is 4.06. The maximum absolute atomic E-state index is 11.8. The van der Waals surface area contributed by atoms with Gasteiger partial charge in [-0.25, -0.2) is 13.6 Å². The molecule has 1 aromatic rings. The van der Waals surface area contributed by atoms with E-state index >= 15 is 0 Å². The quantitative estimate of drug-likeness (QED) is 0.669. The Kier molecular flexibility index (Phi) is 4.81. The first kappa shape index (κ1) is 15.7. The maximum Gasteiger partial charge on any atom is 0.238 e. The van der Waals surface area contributed by atoms with E-state index in [1.165, 1.54) is 38.2 Å². The number of amides is 1. The molecular formula is C13H19N3O4S. The van der Waals surface area contributed by atoms with Crippen molar-refractivity contribution in [3.8, 4) is 5.75 Å². The molecule has 21 heavy (non-hydrogen) atoms. The molecule has 0 saturated heterocycles. The van der Waals surface area contributed by atoms with Crippen molar-refractivity contribution in [1.82, 2.24) is 5.32 Å². The predicted molar refractivity (Wildman–Crippen MR) is 78.6 cm³/mol. The highest BCUT2D eigenvalue weighted by Crippen LogP contribution is 2.28. The number of nitrogens with one attached hydrogen (secondary N) is 2. The molecule has 1 aliphatic rings. The largest absolute Gasteiger partial charge is 0.495 e. The molecule has 0 heterocycles. The first-order valence-corrected chi connectivity index (χ1v) is 8.16. The van der Waals surface area contributed by atoms with Gasteiger partial charge in [0.25, 0.3) is 0 Å². The summed E-state index contributed by atoms with van der Waals surface area (Å²) >= 11 is 0. The van der Waals surface area contributed by atoms with Crippen molar-refractivity contribution >= 4 is 21.6 Å². The predicted octanol–water partition coefficient (Wildman–Crippen LogP) is 0.281. The van der Waals surface area contributed by atoms with Crippen molar-refractivity contribution in [2.45, 2.75) is 17.7 Å². The van der Waals surface area contributed by atoms with Crippen LogP contribution in [0.5, 0.6) is 5.75 Å². The van der Waals surface area contributed by atoms with Crippen LogP contribution in [0.2, 0.25) is 0 Å². The Balaban J connectivity index is 2.03. The van der Waals surface area contributed by atoms with Crippen molar-refractivity contribution < 1.29 is 17.9 Å². The zero-order chi connectivity index (χ0) is 15.5. The number of benzene rings is 1. The van der Waals surface area contributed by atoms with Gasteiger partial charge in [-0.3, -0.25) is 4.79 Å². The molecule has 0 atom stereocenters. The highest BCUT2D eigenvalue weighted by molar-refractivity contribution is 7.89. The SMILES string of the molecule is COc1ccc(S(N)(=O)=O)cc1NC(=O)CNCC1CC1. The zero-order valence-electron chi connectivity index (χ0n) is 11.8. The monoisotopic (exact) mass is 313 g/mol. The zero-order valence-corrected chi connectivity index (χ0v) is 12.6. The number of hydrogen-bond donors (Lipinski definition) is 3. The van der Waals surface area contributed by atoms with E-state index in [-0.39, 0.29) is 23.0 Å². The van der Waals surface area contributed by atoms with Crippen LogP contribution in [0.1, 0.15) is 12.8 Å². The van der Waals surface area contributed by atoms with Gasteiger partial charge in [0.1, 0.15) is 5.75 Å². The number of ether oxygens (including phenoxy) is 1. The number of nitrogens with two attached hydrogens (primary N) is 1. The summed E-state index contributed by atoms with van der Waals surface area (Å²) in [5.41, 5.74) is 0.280. The molecule has 1 fully saturated rings. The maximum atomic E-state index is 11.8. The van der Waals surface area contributed by atoms with Gasteiger partial charge < -0.3 is 15.4 Å². The molecule has 2 rings (SSSR count). The van der Waals surface area contributed by atoms with Gasteiger partial charge in [-0.05, 0) is 43.5 Å². The summed E-state index contributed by atoms with van der Waals surface area (Å²) in [6.07, 6.45) is 2.41. The van der Waals surface area contributed by atoms with Crippen LogP contribution >= 0.6 is 0 Å². The van der Waals surface area contributed by atoms with Crippen LogP contribution in [-0.4, -0.2) is 34.5 Å². The summed E-state index contributed by atoms with van der Waals surface area (Å²) in [6.45, 7) is 0.987. The number of hydrogen-bond acceptors (Lipinski definition) is 5. The molecule has 1 saturated carbocycles. The average Bonchev–Trinajstić information content (AvgIpc) is 3.21. The molecule has 1 amide bonds. The normalized spacial score (nSPS) is 14.8. The molecule has 1 aliphatic carbocycles. The van der Waals surface area contributed by atoms with E-state index in [1.54, 1.807) is 0 Å². The Morgan fingerprint density at radius 3 is 2.71 bits per heavy atom. The van der Waals surface area contributed by atoms with Gasteiger partial charge >= 0.3 is 0 Å². The fourth-order valence-corrected chi connectivity index (χ4v) is 2.41. The number of sulfonamides is 1. The molecule has 0 spiro atoms. The van der Waals surface area contributed by atoms with Gasteiger partial charge in [-0.15, -0.1) is 0 Å². The van der Waals surface area contributed by atoms with Gasteiger partial charge in [0.2, 0.25) is 15.9 Å². The third kappa shape index (κ3) is 4.69. The number of methoxy groups -OCH3 is 1. The molecular weight excluding hydrogens is 294 g/mol. The van der Waals surface area contributed by atoms with E-state index in [0.29, 0.717) is 11.7 Å². The Labute approximate surface area is 123 Å². The number of carbonyl (C=O) groups is 1. The van der Waals surface area contributed by atoms with E-state index in [4.69, 9.17) is 9.88 Å². The molecule has 0 aromatic heterocycles. The van der Waals surface area contributed by atoms with Crippen molar-refractivity contribution in [3.63, 3.8) is 0 Å². The minimum atomic E-state index is -3.83. The van der Waals surface area contributed by atoms with Gasteiger partial charge in [0.15, 0.2) is 0 Å². The molecule has 0 bridgehead atoms. The topological polar surface area (TPSA) is 111 Å². The smallest absolute Gasteiger partial charge is 0.238 e. The third-order valence-electron chi connectivity index (χ3n) is 3.19. The first-order chi connectivity index (χ1) is 9.90. The van der Waals surface area contributed by atoms with Crippen LogP contribution in [0.15, 0.2) is 23.1 Å². The molecule has 0 aliphatic heterocycles. The van der Waals surface area contributed by atoms with Crippen LogP contribution in [-0.2, 0) is 14.8 Å². The van der Waals surface area contributed by atoms with E-state index in [1.807, 2.05) is 0 Å². The Morgan fingerprint density at radius 2 is 2.14 bits per heavy atom. The summed E-state index contributed by atoms with van der Waals surface area (Å²) in [5, 5.41) is 10.8. The lowest BCUT2D eigenvalue weighted by atomic mass is 10.3. The number of anilines is 1. The minimum Gasteiger partial charge on any atom is -0.495 e. The summed E-state index contributed by atoms with van der Waals surface area (Å²) < 4.78 is 27.8. The molecule has 7 nitrogen and oxygen atoms in total. The molecule has 1 aromatic carbocycles. The third-order valence-corrected chi connectivity index (χ3v) is 4.10. The second-order valence-corrected chi connectivity index (χ2v) is 6.59. The van der Waals surface area contributed by atoms with E-state index in [0.717, 1.165) is 6.54 Å². The standard InChI is InChI=1S/C13H19N3O4S/c1-20-12-5-4-10(21(14,18)19)6-11(12)16-13(17)8-15-7-9-2-3-9/h4-6,9,15H,2-3,7-8H2,1H3,(H,16,17)(H2,14,18,19). The van der Waals surface area contributed by atoms with E-state index < -0.39 is 10.0 Å². The summed E-state index contributed by atoms with van der Waals surface area (Å²) in [4.78, 5) is 11.8. The van der Waals surface area contributed by atoms with E-state index in [2.05, 4.69) is 10.6 Å². The molecule has 116 valence electrons. The number of rotatable bonds is 7. The average molecular weight is 313 g/mol. The van der Waals surface area contributed by atoms with Crippen molar-refractivity contribution in [1.29, 1.82) is 0 Å². The van der Waals surface area contributed by atoms with Crippen LogP contribution in [0, 0.1) is 5.92 Å². The molecule has 0 radical (unpaired) electrons.